The van der Waals surface area contributed by atoms with Gasteiger partial charge >= 0.3 is 31.3 Å². The highest BCUT2D eigenvalue weighted by molar-refractivity contribution is 8.41. The fraction of sp³-hybridized carbons (Fsp3) is 0.571. The first-order valence-electron chi connectivity index (χ1n) is 8.16. The fourth-order valence-electron chi connectivity index (χ4n) is 3.31. The van der Waals surface area contributed by atoms with Gasteiger partial charge in [-0.15, -0.1) is 20.6 Å². The summed E-state index contributed by atoms with van der Waals surface area (Å²) >= 11 is 0. The quantitative estimate of drug-likeness (QED) is 0.430. The maximum absolute atomic E-state index is 12.9. The summed E-state index contributed by atoms with van der Waals surface area (Å²) in [5.74, 6) is -1.56. The first kappa shape index (κ1) is 24.0. The van der Waals surface area contributed by atoms with Crippen molar-refractivity contribution in [2.75, 3.05) is 28.8 Å². The van der Waals surface area contributed by atoms with Gasteiger partial charge in [-0.25, -0.2) is 7.26 Å². The van der Waals surface area contributed by atoms with Crippen LogP contribution in [-0.2, 0) is 27.5 Å². The smallest absolute Gasteiger partial charge is 0.213 e. The van der Waals surface area contributed by atoms with Crippen molar-refractivity contribution in [3.05, 3.63) is 35.9 Å². The average Bonchev–Trinajstić information content (AvgIpc) is 2.61. The lowest BCUT2D eigenvalue weighted by atomic mass is 10.2. The van der Waals surface area contributed by atoms with E-state index < -0.39 is 57.1 Å². The highest BCUT2D eigenvalue weighted by Crippen LogP contribution is 2.78. The van der Waals surface area contributed by atoms with Crippen molar-refractivity contribution >= 4 is 40.9 Å². The Morgan fingerprint density at radius 1 is 0.767 bits per heavy atom. The Bertz CT molecular complexity index is 998. The molecule has 0 aliphatic carbocycles. The Labute approximate surface area is 172 Å². The van der Waals surface area contributed by atoms with Crippen molar-refractivity contribution < 1.29 is 50.4 Å². The minimum Gasteiger partial charge on any atom is -0.213 e. The third-order valence-electron chi connectivity index (χ3n) is 4.77. The van der Waals surface area contributed by atoms with Crippen LogP contribution in [0.25, 0.3) is 0 Å². The molecule has 1 aromatic rings. The first-order valence-corrected chi connectivity index (χ1v) is 15.0. The molecule has 3 aliphatic rings. The average molecular weight is 523 g/mol. The molecule has 1 unspecified atom stereocenters. The summed E-state index contributed by atoms with van der Waals surface area (Å²) in [4.78, 5) is 0. The Morgan fingerprint density at radius 2 is 1.23 bits per heavy atom. The normalized spacial score (nSPS) is 34.7. The molecule has 1 aromatic carbocycles. The van der Waals surface area contributed by atoms with E-state index in [9.17, 15) is 43.2 Å². The zero-order chi connectivity index (χ0) is 22.6. The Kier molecular flexibility index (Phi) is 5.94. The summed E-state index contributed by atoms with van der Waals surface area (Å²) in [5, 5.41) is -1.02. The van der Waals surface area contributed by atoms with Gasteiger partial charge < -0.3 is 0 Å². The van der Waals surface area contributed by atoms with Crippen LogP contribution in [0.4, 0.5) is 26.3 Å². The van der Waals surface area contributed by atoms with Gasteiger partial charge in [0, 0.05) is 34.0 Å². The molecule has 3 heterocycles. The molecule has 3 saturated heterocycles. The molecule has 4 rings (SSSR count). The minimum atomic E-state index is -5.96. The van der Waals surface area contributed by atoms with Crippen LogP contribution < -0.4 is 0 Å². The van der Waals surface area contributed by atoms with Crippen molar-refractivity contribution in [2.45, 2.75) is 16.3 Å². The summed E-state index contributed by atoms with van der Waals surface area (Å²) in [7, 11) is -17.7. The molecule has 30 heavy (non-hydrogen) atoms. The van der Waals surface area contributed by atoms with Crippen LogP contribution in [0.3, 0.4) is 0 Å². The molecule has 0 saturated carbocycles. The summed E-state index contributed by atoms with van der Waals surface area (Å²) in [6.45, 7) is 0. The van der Waals surface area contributed by atoms with Gasteiger partial charge in [-0.05, 0) is 5.56 Å². The summed E-state index contributed by atoms with van der Waals surface area (Å²) in [6.07, 6.45) is 0. The lowest BCUT2D eigenvalue weighted by Gasteiger charge is -2.60. The number of halogens is 6. The Balaban J connectivity index is 2.01. The molecule has 0 amide bonds. The van der Waals surface area contributed by atoms with E-state index in [1.165, 1.54) is 24.3 Å². The van der Waals surface area contributed by atoms with E-state index in [1.807, 2.05) is 0 Å². The van der Waals surface area contributed by atoms with Gasteiger partial charge in [0.15, 0.2) is 0 Å². The second kappa shape index (κ2) is 7.43. The predicted molar refractivity (Wildman–Crippen MR) is 101 cm³/mol. The zero-order valence-corrected chi connectivity index (χ0v) is 18.1. The van der Waals surface area contributed by atoms with Crippen LogP contribution in [0.5, 0.6) is 0 Å². The van der Waals surface area contributed by atoms with Crippen LogP contribution in [0.2, 0.25) is 0 Å². The van der Waals surface area contributed by atoms with E-state index in [2.05, 4.69) is 3.63 Å². The zero-order valence-electron chi connectivity index (χ0n) is 14.8. The minimum absolute atomic E-state index is 0.297. The van der Waals surface area contributed by atoms with Gasteiger partial charge in [-0.3, -0.25) is 0 Å². The largest absolute Gasteiger partial charge is 0.523 e. The van der Waals surface area contributed by atoms with Crippen LogP contribution in [-0.4, -0.2) is 56.6 Å². The molecule has 0 N–H and O–H groups in total. The predicted octanol–water partition coefficient (Wildman–Crippen LogP) is 3.93. The third kappa shape index (κ3) is 4.30. The van der Waals surface area contributed by atoms with E-state index in [0.29, 0.717) is 5.56 Å². The van der Waals surface area contributed by atoms with E-state index in [1.54, 1.807) is 6.07 Å². The van der Waals surface area contributed by atoms with Gasteiger partial charge in [0.05, 0.1) is 0 Å². The van der Waals surface area contributed by atoms with E-state index in [-0.39, 0.29) is 28.8 Å². The van der Waals surface area contributed by atoms with Crippen molar-refractivity contribution in [3.8, 4) is 0 Å². The molecule has 0 spiro atoms. The lowest BCUT2D eigenvalue weighted by molar-refractivity contribution is -0.0502. The molecular formula is C14H16F6O6S4. The van der Waals surface area contributed by atoms with Crippen molar-refractivity contribution in [1.82, 2.24) is 0 Å². The molecule has 6 nitrogen and oxygen atoms in total. The molecule has 174 valence electrons. The summed E-state index contributed by atoms with van der Waals surface area (Å²) in [6, 6.07) is 7.61. The fourth-order valence-corrected chi connectivity index (χ4v) is 17.7. The lowest BCUT2D eigenvalue weighted by Crippen LogP contribution is -2.46. The van der Waals surface area contributed by atoms with E-state index >= 15 is 0 Å². The summed E-state index contributed by atoms with van der Waals surface area (Å²) in [5.41, 5.74) is -11.0. The highest BCUT2D eigenvalue weighted by Gasteiger charge is 2.60. The molecule has 0 aromatic heterocycles. The maximum Gasteiger partial charge on any atom is 0.523 e. The van der Waals surface area contributed by atoms with Crippen molar-refractivity contribution in [3.63, 3.8) is 0 Å². The Hall–Kier alpha value is -0.680. The molecular weight excluding hydrogens is 506 g/mol. The number of hydrogen-bond donors (Lipinski definition) is 0. The van der Waals surface area contributed by atoms with Crippen LogP contribution in [0, 0.1) is 0 Å². The number of alkyl halides is 6. The van der Waals surface area contributed by atoms with Gasteiger partial charge in [0.1, 0.15) is 0 Å². The molecule has 0 radical (unpaired) electrons. The number of benzene rings is 1. The topological polar surface area (TPSA) is 86.7 Å². The standard InChI is InChI=1S/C14H16F6O6S4/c15-13(16,17)29(21,22)25-27-6-8-28(9-7-27,26-30(23,24)14(18,19)20)12(10-27)11-4-2-1-3-5-11/h1-5,12H,6-10H2. The number of hydrogen-bond acceptors (Lipinski definition) is 6. The van der Waals surface area contributed by atoms with Gasteiger partial charge in [-0.1, -0.05) is 30.3 Å². The monoisotopic (exact) mass is 522 g/mol. The van der Waals surface area contributed by atoms with Gasteiger partial charge in [0.25, 0.3) is 0 Å². The van der Waals surface area contributed by atoms with Crippen LogP contribution >= 0.6 is 20.6 Å². The SMILES string of the molecule is O=S(=O)(OS12CCS(OS(=O)(=O)C(F)(F)F)(CC1)C(c1ccccc1)C2)C(F)(F)F. The second-order valence-electron chi connectivity index (χ2n) is 6.65. The number of rotatable bonds is 5. The van der Waals surface area contributed by atoms with Crippen LogP contribution in [0.15, 0.2) is 30.3 Å². The van der Waals surface area contributed by atoms with Crippen molar-refractivity contribution in [1.29, 1.82) is 0 Å². The van der Waals surface area contributed by atoms with E-state index in [0.717, 1.165) is 0 Å². The number of fused-ring (bicyclic) bond motifs is 3. The van der Waals surface area contributed by atoms with E-state index in [4.69, 9.17) is 3.63 Å². The highest BCUT2D eigenvalue weighted by atomic mass is 32.3. The van der Waals surface area contributed by atoms with Gasteiger partial charge in [-0.2, -0.15) is 43.2 Å². The van der Waals surface area contributed by atoms with Crippen molar-refractivity contribution in [2.24, 2.45) is 0 Å². The third-order valence-corrected chi connectivity index (χ3v) is 16.4. The molecule has 16 heteroatoms. The van der Waals surface area contributed by atoms with Gasteiger partial charge in [0.2, 0.25) is 0 Å². The Morgan fingerprint density at radius 3 is 1.70 bits per heavy atom. The molecule has 1 atom stereocenters. The summed E-state index contributed by atoms with van der Waals surface area (Å²) < 4.78 is 133. The molecule has 3 fully saturated rings. The molecule has 3 aliphatic heterocycles. The first-order chi connectivity index (χ1) is 13.5. The second-order valence-corrected chi connectivity index (χ2v) is 16.7. The maximum atomic E-state index is 12.9. The van der Waals surface area contributed by atoms with Crippen LogP contribution in [0.1, 0.15) is 10.8 Å². The molecule has 2 bridgehead atoms.